The predicted molar refractivity (Wildman–Crippen MR) is 89.6 cm³/mol. The van der Waals surface area contributed by atoms with Gasteiger partial charge in [-0.05, 0) is 23.1 Å². The number of rotatable bonds is 1. The molecule has 1 atom stereocenters. The van der Waals surface area contributed by atoms with Crippen LogP contribution in [0.25, 0.3) is 10.8 Å². The molecule has 0 aromatic heterocycles. The average molecular weight is 316 g/mol. The van der Waals surface area contributed by atoms with Gasteiger partial charge in [-0.1, -0.05) is 48.5 Å². The lowest BCUT2D eigenvalue weighted by molar-refractivity contribution is 0.398. The Morgan fingerprint density at radius 1 is 1.04 bits per heavy atom. The number of hydrogen-bond acceptors (Lipinski definition) is 3. The highest BCUT2D eigenvalue weighted by atomic mass is 19.1. The Balaban J connectivity index is 2.02. The SMILES string of the molecule is N#CC1=C(N)Oc2c(ccc3ccccc23)[C@H]1c1cccc(F)c1. The largest absolute Gasteiger partial charge is 0.440 e. The van der Waals surface area contributed by atoms with Crippen LogP contribution in [0.15, 0.2) is 72.1 Å². The van der Waals surface area contributed by atoms with Crippen LogP contribution >= 0.6 is 0 Å². The van der Waals surface area contributed by atoms with Crippen LogP contribution in [0.5, 0.6) is 5.75 Å². The molecule has 1 heterocycles. The van der Waals surface area contributed by atoms with E-state index in [1.807, 2.05) is 36.4 Å². The van der Waals surface area contributed by atoms with E-state index < -0.39 is 5.92 Å². The van der Waals surface area contributed by atoms with Gasteiger partial charge in [-0.2, -0.15) is 5.26 Å². The summed E-state index contributed by atoms with van der Waals surface area (Å²) in [6.45, 7) is 0. The molecule has 24 heavy (non-hydrogen) atoms. The highest BCUT2D eigenvalue weighted by Gasteiger charge is 2.31. The minimum atomic E-state index is -0.445. The van der Waals surface area contributed by atoms with Gasteiger partial charge in [0.1, 0.15) is 23.2 Å². The molecule has 0 saturated heterocycles. The zero-order chi connectivity index (χ0) is 16.7. The second-order valence-electron chi connectivity index (χ2n) is 5.68. The van der Waals surface area contributed by atoms with Crippen LogP contribution in [-0.4, -0.2) is 0 Å². The van der Waals surface area contributed by atoms with Gasteiger partial charge < -0.3 is 10.5 Å². The van der Waals surface area contributed by atoms with Gasteiger partial charge in [0.2, 0.25) is 5.88 Å². The molecule has 0 radical (unpaired) electrons. The Bertz CT molecular complexity index is 1030. The molecule has 116 valence electrons. The van der Waals surface area contributed by atoms with Crippen molar-refractivity contribution in [3.63, 3.8) is 0 Å². The maximum atomic E-state index is 13.7. The molecule has 3 nitrogen and oxygen atoms in total. The van der Waals surface area contributed by atoms with Gasteiger partial charge >= 0.3 is 0 Å². The fourth-order valence-electron chi connectivity index (χ4n) is 3.22. The van der Waals surface area contributed by atoms with Gasteiger partial charge in [0, 0.05) is 10.9 Å². The second-order valence-corrected chi connectivity index (χ2v) is 5.68. The van der Waals surface area contributed by atoms with E-state index in [4.69, 9.17) is 10.5 Å². The Morgan fingerprint density at radius 3 is 2.67 bits per heavy atom. The molecular weight excluding hydrogens is 303 g/mol. The Kier molecular flexibility index (Phi) is 3.21. The first-order valence-corrected chi connectivity index (χ1v) is 7.53. The van der Waals surface area contributed by atoms with Crippen molar-refractivity contribution in [3.05, 3.63) is 89.1 Å². The third kappa shape index (κ3) is 2.10. The summed E-state index contributed by atoms with van der Waals surface area (Å²) in [7, 11) is 0. The maximum absolute atomic E-state index is 13.7. The number of allylic oxidation sites excluding steroid dienone is 1. The van der Waals surface area contributed by atoms with Crippen molar-refractivity contribution < 1.29 is 9.13 Å². The highest BCUT2D eigenvalue weighted by molar-refractivity contribution is 5.90. The van der Waals surface area contributed by atoms with E-state index in [-0.39, 0.29) is 11.7 Å². The summed E-state index contributed by atoms with van der Waals surface area (Å²) in [6, 6.07) is 20.0. The third-order valence-corrected chi connectivity index (χ3v) is 4.29. The first kappa shape index (κ1) is 14.3. The number of nitriles is 1. The lowest BCUT2D eigenvalue weighted by atomic mass is 9.82. The summed E-state index contributed by atoms with van der Waals surface area (Å²) in [6.07, 6.45) is 0. The standard InChI is InChI=1S/C20H13FN2O/c21-14-6-3-5-13(10-14)18-16-9-8-12-4-1-2-7-15(12)19(16)24-20(23)17(18)11-22/h1-10,18H,23H2/t18-/m1/s1. The van der Waals surface area contributed by atoms with Crippen molar-refractivity contribution in [2.75, 3.05) is 0 Å². The Morgan fingerprint density at radius 2 is 1.88 bits per heavy atom. The van der Waals surface area contributed by atoms with E-state index in [1.54, 1.807) is 12.1 Å². The molecule has 3 aromatic rings. The van der Waals surface area contributed by atoms with Crippen LogP contribution in [0.1, 0.15) is 17.0 Å². The number of hydrogen-bond donors (Lipinski definition) is 1. The molecule has 0 spiro atoms. The molecule has 3 aromatic carbocycles. The molecule has 1 aliphatic rings. The van der Waals surface area contributed by atoms with Crippen molar-refractivity contribution in [3.8, 4) is 11.8 Å². The number of fused-ring (bicyclic) bond motifs is 3. The predicted octanol–water partition coefficient (Wildman–Crippen LogP) is 4.20. The van der Waals surface area contributed by atoms with Crippen molar-refractivity contribution in [1.29, 1.82) is 5.26 Å². The molecule has 4 rings (SSSR count). The molecule has 0 aliphatic carbocycles. The van der Waals surface area contributed by atoms with E-state index >= 15 is 0 Å². The highest BCUT2D eigenvalue weighted by Crippen LogP contribution is 2.45. The number of halogens is 1. The van der Waals surface area contributed by atoms with Crippen molar-refractivity contribution in [2.45, 2.75) is 5.92 Å². The summed E-state index contributed by atoms with van der Waals surface area (Å²) in [5.41, 5.74) is 7.78. The summed E-state index contributed by atoms with van der Waals surface area (Å²) >= 11 is 0. The summed E-state index contributed by atoms with van der Waals surface area (Å²) in [5, 5.41) is 11.5. The van der Waals surface area contributed by atoms with E-state index in [1.165, 1.54) is 12.1 Å². The number of benzene rings is 3. The molecule has 0 saturated carbocycles. The van der Waals surface area contributed by atoms with Crippen LogP contribution in [0.3, 0.4) is 0 Å². The molecule has 4 heteroatoms. The second kappa shape index (κ2) is 5.39. The van der Waals surface area contributed by atoms with Gasteiger partial charge in [-0.25, -0.2) is 4.39 Å². The van der Waals surface area contributed by atoms with Crippen LogP contribution < -0.4 is 10.5 Å². The Hall–Kier alpha value is -3.32. The minimum Gasteiger partial charge on any atom is -0.440 e. The van der Waals surface area contributed by atoms with Crippen LogP contribution in [0, 0.1) is 17.1 Å². The lowest BCUT2D eigenvalue weighted by Gasteiger charge is -2.27. The van der Waals surface area contributed by atoms with Crippen molar-refractivity contribution in [1.82, 2.24) is 0 Å². The maximum Gasteiger partial charge on any atom is 0.205 e. The fraction of sp³-hybridized carbons (Fsp3) is 0.0500. The van der Waals surface area contributed by atoms with E-state index in [2.05, 4.69) is 6.07 Å². The van der Waals surface area contributed by atoms with Crippen LogP contribution in [0.2, 0.25) is 0 Å². The first-order valence-electron chi connectivity index (χ1n) is 7.53. The molecule has 0 amide bonds. The van der Waals surface area contributed by atoms with Crippen LogP contribution in [0.4, 0.5) is 4.39 Å². The zero-order valence-corrected chi connectivity index (χ0v) is 12.7. The third-order valence-electron chi connectivity index (χ3n) is 4.29. The minimum absolute atomic E-state index is 0.0654. The molecule has 0 unspecified atom stereocenters. The van der Waals surface area contributed by atoms with E-state index in [0.29, 0.717) is 16.9 Å². The number of nitrogens with two attached hydrogens (primary N) is 1. The molecule has 0 bridgehead atoms. The summed E-state index contributed by atoms with van der Waals surface area (Å²) < 4.78 is 19.5. The van der Waals surface area contributed by atoms with Gasteiger partial charge in [-0.15, -0.1) is 0 Å². The van der Waals surface area contributed by atoms with Crippen LogP contribution in [-0.2, 0) is 0 Å². The Labute approximate surface area is 138 Å². The molecule has 0 fully saturated rings. The van der Waals surface area contributed by atoms with Gasteiger partial charge in [-0.3, -0.25) is 0 Å². The van der Waals surface area contributed by atoms with E-state index in [0.717, 1.165) is 16.3 Å². The van der Waals surface area contributed by atoms with E-state index in [9.17, 15) is 9.65 Å². The number of ether oxygens (including phenoxy) is 1. The molecule has 2 N–H and O–H groups in total. The zero-order valence-electron chi connectivity index (χ0n) is 12.7. The summed E-state index contributed by atoms with van der Waals surface area (Å²) in [4.78, 5) is 0. The smallest absolute Gasteiger partial charge is 0.205 e. The lowest BCUT2D eigenvalue weighted by Crippen LogP contribution is -2.21. The van der Waals surface area contributed by atoms with Gasteiger partial charge in [0.15, 0.2) is 0 Å². The monoisotopic (exact) mass is 316 g/mol. The molecular formula is C20H13FN2O. The van der Waals surface area contributed by atoms with Crippen molar-refractivity contribution >= 4 is 10.8 Å². The fourth-order valence-corrected chi connectivity index (χ4v) is 3.22. The average Bonchev–Trinajstić information content (AvgIpc) is 2.60. The quantitative estimate of drug-likeness (QED) is 0.732. The van der Waals surface area contributed by atoms with Gasteiger partial charge in [0.05, 0.1) is 5.92 Å². The van der Waals surface area contributed by atoms with Crippen molar-refractivity contribution in [2.24, 2.45) is 5.73 Å². The van der Waals surface area contributed by atoms with Gasteiger partial charge in [0.25, 0.3) is 0 Å². The summed E-state index contributed by atoms with van der Waals surface area (Å²) in [5.74, 6) is -0.106. The normalized spacial score (nSPS) is 16.4. The topological polar surface area (TPSA) is 59.0 Å². The number of nitrogens with zero attached hydrogens (tertiary/aromatic N) is 1. The first-order chi connectivity index (χ1) is 11.7. The molecule has 1 aliphatic heterocycles.